The quantitative estimate of drug-likeness (QED) is 0.448. The molecular weight excluding hydrogens is 437 g/mol. The number of rotatable bonds is 5. The number of nitrogens with zero attached hydrogens (tertiary/aromatic N) is 2. The lowest BCUT2D eigenvalue weighted by Gasteiger charge is -2.08. The maximum atomic E-state index is 12.6. The molecule has 0 saturated heterocycles. The van der Waals surface area contributed by atoms with Crippen molar-refractivity contribution in [3.05, 3.63) is 96.8 Å². The molecule has 2 aromatic carbocycles. The molecule has 0 aliphatic heterocycles. The number of hydrogen-bond donors (Lipinski definition) is 2. The van der Waals surface area contributed by atoms with Crippen LogP contribution >= 0.6 is 34.8 Å². The van der Waals surface area contributed by atoms with Gasteiger partial charge in [0.2, 0.25) is 0 Å². The summed E-state index contributed by atoms with van der Waals surface area (Å²) in [7, 11) is 0. The van der Waals surface area contributed by atoms with Crippen molar-refractivity contribution in [2.24, 2.45) is 5.10 Å². The van der Waals surface area contributed by atoms with Gasteiger partial charge < -0.3 is 9.67 Å². The molecule has 148 valence electrons. The van der Waals surface area contributed by atoms with E-state index >= 15 is 0 Å². The summed E-state index contributed by atoms with van der Waals surface area (Å²) in [5.41, 5.74) is 3.06. The average Bonchev–Trinajstić information content (AvgIpc) is 2.67. The first-order valence-corrected chi connectivity index (χ1v) is 9.44. The molecule has 3 rings (SSSR count). The predicted molar refractivity (Wildman–Crippen MR) is 114 cm³/mol. The van der Waals surface area contributed by atoms with E-state index in [-0.39, 0.29) is 27.9 Å². The second-order valence-electron chi connectivity index (χ2n) is 6.02. The van der Waals surface area contributed by atoms with Gasteiger partial charge in [0.05, 0.1) is 22.8 Å². The van der Waals surface area contributed by atoms with Crippen molar-refractivity contribution in [3.63, 3.8) is 0 Å². The summed E-state index contributed by atoms with van der Waals surface area (Å²) >= 11 is 17.6. The topological polar surface area (TPSA) is 83.7 Å². The Labute approximate surface area is 181 Å². The maximum absolute atomic E-state index is 12.6. The number of nitrogens with one attached hydrogen (secondary N) is 1. The number of aromatic hydroxyl groups is 1. The number of benzene rings is 2. The molecule has 0 aliphatic carbocycles. The molecule has 0 spiro atoms. The lowest BCUT2D eigenvalue weighted by molar-refractivity contribution is 0.0953. The minimum Gasteiger partial charge on any atom is -0.505 e. The minimum atomic E-state index is -0.664. The number of phenols is 1. The summed E-state index contributed by atoms with van der Waals surface area (Å²) in [6, 6.07) is 13.0. The molecule has 0 fully saturated rings. The fourth-order valence-corrected chi connectivity index (χ4v) is 3.27. The molecule has 0 atom stereocenters. The summed E-state index contributed by atoms with van der Waals surface area (Å²) in [4.78, 5) is 25.0. The second-order valence-corrected chi connectivity index (χ2v) is 7.27. The Morgan fingerprint density at radius 1 is 1.10 bits per heavy atom. The van der Waals surface area contributed by atoms with Gasteiger partial charge in [-0.05, 0) is 47.5 Å². The van der Waals surface area contributed by atoms with Gasteiger partial charge in [-0.2, -0.15) is 5.10 Å². The molecule has 1 aromatic heterocycles. The average molecular weight is 451 g/mol. The van der Waals surface area contributed by atoms with E-state index in [1.165, 1.54) is 29.0 Å². The van der Waals surface area contributed by atoms with Gasteiger partial charge in [-0.3, -0.25) is 9.59 Å². The summed E-state index contributed by atoms with van der Waals surface area (Å²) in [6.45, 7) is 0.272. The number of hydrogen-bond acceptors (Lipinski definition) is 4. The number of amides is 1. The van der Waals surface area contributed by atoms with Crippen molar-refractivity contribution in [1.82, 2.24) is 9.99 Å². The second kappa shape index (κ2) is 9.13. The Morgan fingerprint density at radius 3 is 2.52 bits per heavy atom. The van der Waals surface area contributed by atoms with Crippen LogP contribution in [0, 0.1) is 0 Å². The first-order valence-electron chi connectivity index (χ1n) is 8.30. The SMILES string of the molecule is O=C(N/N=C\c1cc(Cl)c(O)c(Cl)c1)c1cccn(Cc2cccc(Cl)c2)c1=O. The Bertz CT molecular complexity index is 1140. The first-order chi connectivity index (χ1) is 13.8. The lowest BCUT2D eigenvalue weighted by Crippen LogP contribution is -2.30. The van der Waals surface area contributed by atoms with Crippen molar-refractivity contribution in [2.45, 2.75) is 6.54 Å². The lowest BCUT2D eigenvalue weighted by atomic mass is 10.2. The number of carbonyl (C=O) groups is 1. The van der Waals surface area contributed by atoms with Gasteiger partial charge in [-0.15, -0.1) is 0 Å². The molecule has 29 heavy (non-hydrogen) atoms. The van der Waals surface area contributed by atoms with Crippen LogP contribution in [0.2, 0.25) is 15.1 Å². The Hall–Kier alpha value is -2.80. The summed E-state index contributed by atoms with van der Waals surface area (Å²) in [5.74, 6) is -0.901. The number of aromatic nitrogens is 1. The maximum Gasteiger partial charge on any atom is 0.276 e. The van der Waals surface area contributed by atoms with Gasteiger partial charge in [0, 0.05) is 11.2 Å². The minimum absolute atomic E-state index is 0.0530. The van der Waals surface area contributed by atoms with Crippen LogP contribution in [0.4, 0.5) is 0 Å². The highest BCUT2D eigenvalue weighted by Crippen LogP contribution is 2.32. The van der Waals surface area contributed by atoms with E-state index in [4.69, 9.17) is 34.8 Å². The molecule has 0 saturated carbocycles. The van der Waals surface area contributed by atoms with Crippen molar-refractivity contribution < 1.29 is 9.90 Å². The highest BCUT2D eigenvalue weighted by Gasteiger charge is 2.12. The molecule has 1 heterocycles. The van der Waals surface area contributed by atoms with Crippen molar-refractivity contribution in [3.8, 4) is 5.75 Å². The number of hydrazone groups is 1. The van der Waals surface area contributed by atoms with Crippen LogP contribution < -0.4 is 11.0 Å². The van der Waals surface area contributed by atoms with E-state index < -0.39 is 11.5 Å². The predicted octanol–water partition coefficient (Wildman–Crippen LogP) is 4.33. The van der Waals surface area contributed by atoms with Crippen LogP contribution in [0.15, 0.2) is 64.6 Å². The van der Waals surface area contributed by atoms with Gasteiger partial charge in [-0.25, -0.2) is 5.43 Å². The van der Waals surface area contributed by atoms with Crippen LogP contribution in [0.5, 0.6) is 5.75 Å². The Morgan fingerprint density at radius 2 is 1.83 bits per heavy atom. The zero-order valence-corrected chi connectivity index (χ0v) is 17.0. The van der Waals surface area contributed by atoms with Gasteiger partial charge in [0.15, 0.2) is 5.75 Å². The zero-order valence-electron chi connectivity index (χ0n) is 14.8. The molecule has 0 radical (unpaired) electrons. The molecule has 0 aliphatic rings. The van der Waals surface area contributed by atoms with E-state index in [9.17, 15) is 14.7 Å². The summed E-state index contributed by atoms with van der Waals surface area (Å²) in [5, 5.41) is 14.0. The van der Waals surface area contributed by atoms with Gasteiger partial charge in [0.1, 0.15) is 5.56 Å². The van der Waals surface area contributed by atoms with Gasteiger partial charge in [0.25, 0.3) is 11.5 Å². The van der Waals surface area contributed by atoms with Crippen LogP contribution in [-0.4, -0.2) is 21.8 Å². The Kier molecular flexibility index (Phi) is 6.59. The molecule has 0 unspecified atom stereocenters. The normalized spacial score (nSPS) is 11.0. The van der Waals surface area contributed by atoms with Crippen LogP contribution in [-0.2, 0) is 6.54 Å². The van der Waals surface area contributed by atoms with Gasteiger partial charge in [-0.1, -0.05) is 46.9 Å². The van der Waals surface area contributed by atoms with Crippen LogP contribution in [0.3, 0.4) is 0 Å². The third kappa shape index (κ3) is 5.17. The molecule has 0 bridgehead atoms. The van der Waals surface area contributed by atoms with E-state index in [1.54, 1.807) is 30.5 Å². The van der Waals surface area contributed by atoms with E-state index in [1.807, 2.05) is 6.07 Å². The fourth-order valence-electron chi connectivity index (χ4n) is 2.55. The number of carbonyl (C=O) groups excluding carboxylic acids is 1. The fraction of sp³-hybridized carbons (Fsp3) is 0.0500. The molecule has 3 aromatic rings. The van der Waals surface area contributed by atoms with Crippen LogP contribution in [0.25, 0.3) is 0 Å². The third-order valence-corrected chi connectivity index (χ3v) is 4.74. The van der Waals surface area contributed by atoms with E-state index in [0.29, 0.717) is 10.6 Å². The van der Waals surface area contributed by atoms with Gasteiger partial charge >= 0.3 is 0 Å². The van der Waals surface area contributed by atoms with E-state index in [2.05, 4.69) is 10.5 Å². The number of phenolic OH excluding ortho intramolecular Hbond substituents is 1. The molecule has 2 N–H and O–H groups in total. The molecule has 1 amide bonds. The zero-order chi connectivity index (χ0) is 21.0. The third-order valence-electron chi connectivity index (χ3n) is 3.93. The number of halogens is 3. The monoisotopic (exact) mass is 449 g/mol. The molecular formula is C20H14Cl3N3O3. The molecule has 9 heteroatoms. The largest absolute Gasteiger partial charge is 0.505 e. The Balaban J connectivity index is 1.75. The number of pyridine rings is 1. The smallest absolute Gasteiger partial charge is 0.276 e. The van der Waals surface area contributed by atoms with Crippen molar-refractivity contribution >= 4 is 46.9 Å². The van der Waals surface area contributed by atoms with E-state index in [0.717, 1.165) is 5.56 Å². The van der Waals surface area contributed by atoms with Crippen molar-refractivity contribution in [2.75, 3.05) is 0 Å². The molecule has 6 nitrogen and oxygen atoms in total. The highest BCUT2D eigenvalue weighted by atomic mass is 35.5. The summed E-state index contributed by atoms with van der Waals surface area (Å²) in [6.07, 6.45) is 2.88. The standard InChI is InChI=1S/C20H14Cl3N3O3/c21-14-4-1-3-12(7-14)11-26-6-2-5-15(20(26)29)19(28)25-24-10-13-8-16(22)18(27)17(23)9-13/h1-10,27H,11H2,(H,25,28)/b24-10-. The first kappa shape index (κ1) is 20.9. The van der Waals surface area contributed by atoms with Crippen molar-refractivity contribution in [1.29, 1.82) is 0 Å². The highest BCUT2D eigenvalue weighted by molar-refractivity contribution is 6.37. The summed E-state index contributed by atoms with van der Waals surface area (Å²) < 4.78 is 1.41. The van der Waals surface area contributed by atoms with Crippen LogP contribution in [0.1, 0.15) is 21.5 Å².